The number of rotatable bonds is 7. The van der Waals surface area contributed by atoms with Gasteiger partial charge in [0.15, 0.2) is 0 Å². The minimum absolute atomic E-state index is 0.256. The number of carboxylic acids is 1. The molecule has 1 N–H and O–H groups in total. The predicted molar refractivity (Wildman–Crippen MR) is 115 cm³/mol. The molecule has 2 aromatic rings. The first-order chi connectivity index (χ1) is 13.3. The summed E-state index contributed by atoms with van der Waals surface area (Å²) < 4.78 is 6.30. The molecule has 0 amide bonds. The van der Waals surface area contributed by atoms with E-state index in [0.29, 0.717) is 11.5 Å². The standard InChI is InChI=1S/C25H34O3/c1-25(2,3)21-11-14-22(15-12-21)28-23-13-10-19-16-18(8-9-20(19)17-23)6-4-5-7-24(26)27/h8-10,13,16-17,21-22H,4-7,11-12,14-15H2,1-3H3,(H,26,27)/t21-,22-. The van der Waals surface area contributed by atoms with Gasteiger partial charge >= 0.3 is 5.97 Å². The number of carbonyl (C=O) groups is 1. The van der Waals surface area contributed by atoms with Crippen LogP contribution in [-0.2, 0) is 11.2 Å². The molecule has 1 aliphatic carbocycles. The van der Waals surface area contributed by atoms with E-state index < -0.39 is 5.97 Å². The van der Waals surface area contributed by atoms with Crippen molar-refractivity contribution in [1.29, 1.82) is 0 Å². The number of fused-ring (bicyclic) bond motifs is 1. The first kappa shape index (κ1) is 20.7. The van der Waals surface area contributed by atoms with E-state index in [1.807, 2.05) is 0 Å². The van der Waals surface area contributed by atoms with Gasteiger partial charge < -0.3 is 9.84 Å². The van der Waals surface area contributed by atoms with Crippen molar-refractivity contribution in [2.45, 2.75) is 78.2 Å². The van der Waals surface area contributed by atoms with Crippen molar-refractivity contribution in [2.24, 2.45) is 11.3 Å². The van der Waals surface area contributed by atoms with Crippen molar-refractivity contribution in [3.8, 4) is 5.75 Å². The largest absolute Gasteiger partial charge is 0.490 e. The second-order valence-electron chi connectivity index (χ2n) is 9.40. The van der Waals surface area contributed by atoms with Crippen molar-refractivity contribution in [1.82, 2.24) is 0 Å². The van der Waals surface area contributed by atoms with Crippen molar-refractivity contribution >= 4 is 16.7 Å². The molecule has 0 unspecified atom stereocenters. The fourth-order valence-corrected chi connectivity index (χ4v) is 4.35. The summed E-state index contributed by atoms with van der Waals surface area (Å²) in [5.74, 6) is 1.07. The molecule has 0 aliphatic heterocycles. The van der Waals surface area contributed by atoms with Crippen LogP contribution in [0, 0.1) is 11.3 Å². The molecule has 0 bridgehead atoms. The lowest BCUT2D eigenvalue weighted by Gasteiger charge is -2.37. The smallest absolute Gasteiger partial charge is 0.303 e. The lowest BCUT2D eigenvalue weighted by molar-refractivity contribution is -0.137. The van der Waals surface area contributed by atoms with Gasteiger partial charge in [-0.05, 0) is 84.7 Å². The number of hydrogen-bond donors (Lipinski definition) is 1. The van der Waals surface area contributed by atoms with Crippen LogP contribution in [-0.4, -0.2) is 17.2 Å². The van der Waals surface area contributed by atoms with Crippen molar-refractivity contribution < 1.29 is 14.6 Å². The highest BCUT2D eigenvalue weighted by Gasteiger charge is 2.30. The Morgan fingerprint density at radius 3 is 2.36 bits per heavy atom. The summed E-state index contributed by atoms with van der Waals surface area (Å²) in [6.07, 6.45) is 7.98. The lowest BCUT2D eigenvalue weighted by atomic mass is 9.72. The number of aliphatic carboxylic acids is 1. The Morgan fingerprint density at radius 1 is 1.00 bits per heavy atom. The molecule has 0 heterocycles. The van der Waals surface area contributed by atoms with Crippen LogP contribution in [0.4, 0.5) is 0 Å². The Morgan fingerprint density at radius 2 is 1.68 bits per heavy atom. The van der Waals surface area contributed by atoms with Crippen molar-refractivity contribution in [3.05, 3.63) is 42.0 Å². The molecular weight excluding hydrogens is 348 g/mol. The molecule has 0 aromatic heterocycles. The third-order valence-corrected chi connectivity index (χ3v) is 6.18. The SMILES string of the molecule is CC(C)(C)[C@H]1CC[C@H](Oc2ccc3cc(CCCCC(=O)O)ccc3c2)CC1. The minimum atomic E-state index is -0.710. The molecule has 3 nitrogen and oxygen atoms in total. The molecule has 1 saturated carbocycles. The van der Waals surface area contributed by atoms with Crippen LogP contribution in [0.15, 0.2) is 36.4 Å². The Bertz CT molecular complexity index is 795. The number of aryl methyl sites for hydroxylation is 1. The molecule has 3 heteroatoms. The maximum Gasteiger partial charge on any atom is 0.303 e. The number of carboxylic acid groups (broad SMARTS) is 1. The van der Waals surface area contributed by atoms with Crippen molar-refractivity contribution in [2.75, 3.05) is 0 Å². The number of unbranched alkanes of at least 4 members (excludes halogenated alkanes) is 1. The molecule has 0 spiro atoms. The fourth-order valence-electron chi connectivity index (χ4n) is 4.35. The average Bonchev–Trinajstić information content (AvgIpc) is 2.65. The van der Waals surface area contributed by atoms with Gasteiger partial charge in [0, 0.05) is 6.42 Å². The lowest BCUT2D eigenvalue weighted by Crippen LogP contribution is -2.30. The number of benzene rings is 2. The molecule has 2 aromatic carbocycles. The van der Waals surface area contributed by atoms with Crippen LogP contribution in [0.5, 0.6) is 5.75 Å². The van der Waals surface area contributed by atoms with Gasteiger partial charge in [-0.3, -0.25) is 4.79 Å². The van der Waals surface area contributed by atoms with E-state index in [9.17, 15) is 4.79 Å². The van der Waals surface area contributed by atoms with E-state index in [4.69, 9.17) is 9.84 Å². The molecule has 0 atom stereocenters. The normalized spacial score (nSPS) is 20.2. The highest BCUT2D eigenvalue weighted by Crippen LogP contribution is 2.39. The monoisotopic (exact) mass is 382 g/mol. The molecule has 3 rings (SSSR count). The van der Waals surface area contributed by atoms with Crippen LogP contribution in [0.1, 0.15) is 71.3 Å². The van der Waals surface area contributed by atoms with Crippen LogP contribution in [0.2, 0.25) is 0 Å². The molecular formula is C25H34O3. The summed E-state index contributed by atoms with van der Waals surface area (Å²) in [4.78, 5) is 10.6. The third-order valence-electron chi connectivity index (χ3n) is 6.18. The van der Waals surface area contributed by atoms with Gasteiger partial charge in [-0.25, -0.2) is 0 Å². The predicted octanol–water partition coefficient (Wildman–Crippen LogP) is 6.62. The fraction of sp³-hybridized carbons (Fsp3) is 0.560. The Hall–Kier alpha value is -2.03. The van der Waals surface area contributed by atoms with Crippen molar-refractivity contribution in [3.63, 3.8) is 0 Å². The molecule has 0 radical (unpaired) electrons. The topological polar surface area (TPSA) is 46.5 Å². The van der Waals surface area contributed by atoms with E-state index in [1.165, 1.54) is 29.2 Å². The average molecular weight is 383 g/mol. The maximum atomic E-state index is 10.6. The molecule has 152 valence electrons. The summed E-state index contributed by atoms with van der Waals surface area (Å²) >= 11 is 0. The minimum Gasteiger partial charge on any atom is -0.490 e. The summed E-state index contributed by atoms with van der Waals surface area (Å²) in [7, 11) is 0. The molecule has 1 aliphatic rings. The van der Waals surface area contributed by atoms with Gasteiger partial charge in [0.2, 0.25) is 0 Å². The Balaban J connectivity index is 1.56. The van der Waals surface area contributed by atoms with Gasteiger partial charge in [0.05, 0.1) is 6.10 Å². The third kappa shape index (κ3) is 5.73. The van der Waals surface area contributed by atoms with Crippen LogP contribution in [0.3, 0.4) is 0 Å². The second kappa shape index (κ2) is 8.98. The van der Waals surface area contributed by atoms with Gasteiger partial charge in [-0.2, -0.15) is 0 Å². The zero-order chi connectivity index (χ0) is 20.1. The van der Waals surface area contributed by atoms with E-state index in [1.54, 1.807) is 0 Å². The molecule has 28 heavy (non-hydrogen) atoms. The van der Waals surface area contributed by atoms with Gasteiger partial charge in [0.1, 0.15) is 5.75 Å². The summed E-state index contributed by atoms with van der Waals surface area (Å²) in [5.41, 5.74) is 1.67. The van der Waals surface area contributed by atoms with Gasteiger partial charge in [0.25, 0.3) is 0 Å². The first-order valence-corrected chi connectivity index (χ1v) is 10.7. The van der Waals surface area contributed by atoms with E-state index in [0.717, 1.165) is 43.8 Å². The highest BCUT2D eigenvalue weighted by atomic mass is 16.5. The Labute approximate surface area is 169 Å². The second-order valence-corrected chi connectivity index (χ2v) is 9.40. The first-order valence-electron chi connectivity index (χ1n) is 10.7. The molecule has 0 saturated heterocycles. The highest BCUT2D eigenvalue weighted by molar-refractivity contribution is 5.84. The van der Waals surface area contributed by atoms with Crippen LogP contribution < -0.4 is 4.74 Å². The number of hydrogen-bond acceptors (Lipinski definition) is 2. The summed E-state index contributed by atoms with van der Waals surface area (Å²) in [5, 5.41) is 11.2. The van der Waals surface area contributed by atoms with E-state index in [2.05, 4.69) is 57.2 Å². The number of ether oxygens (including phenoxy) is 1. The van der Waals surface area contributed by atoms with E-state index >= 15 is 0 Å². The summed E-state index contributed by atoms with van der Waals surface area (Å²) in [6, 6.07) is 12.9. The summed E-state index contributed by atoms with van der Waals surface area (Å²) in [6.45, 7) is 7.05. The molecule has 1 fully saturated rings. The van der Waals surface area contributed by atoms with Crippen LogP contribution in [0.25, 0.3) is 10.8 Å². The maximum absolute atomic E-state index is 10.6. The van der Waals surface area contributed by atoms with E-state index in [-0.39, 0.29) is 6.42 Å². The van der Waals surface area contributed by atoms with Crippen LogP contribution >= 0.6 is 0 Å². The zero-order valence-corrected chi connectivity index (χ0v) is 17.5. The Kier molecular flexibility index (Phi) is 6.64. The zero-order valence-electron chi connectivity index (χ0n) is 17.5. The van der Waals surface area contributed by atoms with Gasteiger partial charge in [-0.15, -0.1) is 0 Å². The van der Waals surface area contributed by atoms with Gasteiger partial charge in [-0.1, -0.05) is 45.0 Å². The quantitative estimate of drug-likeness (QED) is 0.547.